The van der Waals surface area contributed by atoms with Crippen LogP contribution in [0.3, 0.4) is 0 Å². The lowest BCUT2D eigenvalue weighted by Crippen LogP contribution is -2.30. The first-order valence-corrected chi connectivity index (χ1v) is 28.9. The van der Waals surface area contributed by atoms with Crippen LogP contribution in [0.5, 0.6) is 0 Å². The molecule has 0 aliphatic rings. The fourth-order valence-electron chi connectivity index (χ4n) is 7.70. The minimum atomic E-state index is -0.837. The van der Waals surface area contributed by atoms with Gasteiger partial charge in [-0.15, -0.1) is 0 Å². The van der Waals surface area contributed by atoms with Gasteiger partial charge in [-0.05, 0) is 103 Å². The van der Waals surface area contributed by atoms with Crippen LogP contribution in [0.2, 0.25) is 0 Å². The van der Waals surface area contributed by atoms with Crippen molar-refractivity contribution in [3.05, 3.63) is 109 Å². The Bertz CT molecular complexity index is 1440. The van der Waals surface area contributed by atoms with Crippen LogP contribution in [0, 0.1) is 0 Å². The number of esters is 3. The standard InChI is InChI=1S/C64H106O6/c1-4-7-10-13-16-19-22-24-26-27-28-29-30-31-32-33-34-35-36-37-39-40-42-45-48-51-54-57-63(66)69-60-61(59-68-62(65)56-53-50-47-44-21-18-15-12-9-6-3)70-64(67)58-55-52-49-46-43-41-38-25-23-20-17-14-11-8-5-2/h8,11-12,15,17,20,22,24-25,27-28,30-31,38,43,46,52,55,61H,4-7,9-10,13-14,16,18-19,21,23,26,29,32-37,39-42,44-45,47-51,53-54,56-60H2,1-3H3/b11-8-,15-12-,20-17-,24-22-,28-27-,31-30-,38-25-,46-43-,55-52-. The van der Waals surface area contributed by atoms with E-state index >= 15 is 0 Å². The van der Waals surface area contributed by atoms with E-state index in [0.717, 1.165) is 103 Å². The minimum Gasteiger partial charge on any atom is -0.462 e. The molecule has 0 N–H and O–H groups in total. The first kappa shape index (κ1) is 66.1. The molecule has 1 atom stereocenters. The molecule has 0 amide bonds. The lowest BCUT2D eigenvalue weighted by Gasteiger charge is -2.18. The predicted molar refractivity (Wildman–Crippen MR) is 302 cm³/mol. The van der Waals surface area contributed by atoms with E-state index in [0.29, 0.717) is 12.8 Å². The Labute approximate surface area is 431 Å². The molecule has 0 fully saturated rings. The quantitative estimate of drug-likeness (QED) is 0.0262. The highest BCUT2D eigenvalue weighted by molar-refractivity contribution is 5.72. The molecule has 1 unspecified atom stereocenters. The third kappa shape index (κ3) is 55.0. The van der Waals surface area contributed by atoms with Crippen molar-refractivity contribution in [3.63, 3.8) is 0 Å². The molecule has 70 heavy (non-hydrogen) atoms. The summed E-state index contributed by atoms with van der Waals surface area (Å²) in [7, 11) is 0. The molecule has 0 heterocycles. The molecule has 0 aromatic heterocycles. The Kier molecular flexibility index (Phi) is 54.4. The molecule has 6 heteroatoms. The maximum absolute atomic E-state index is 12.8. The Morgan fingerprint density at radius 3 is 1.01 bits per heavy atom. The summed E-state index contributed by atoms with van der Waals surface area (Å²) in [5.74, 6) is -1.07. The average molecular weight is 972 g/mol. The van der Waals surface area contributed by atoms with Gasteiger partial charge < -0.3 is 14.2 Å². The van der Waals surface area contributed by atoms with Gasteiger partial charge in [0.2, 0.25) is 0 Å². The highest BCUT2D eigenvalue weighted by atomic mass is 16.6. The van der Waals surface area contributed by atoms with Gasteiger partial charge in [0.15, 0.2) is 6.10 Å². The van der Waals surface area contributed by atoms with E-state index in [1.807, 2.05) is 6.08 Å². The van der Waals surface area contributed by atoms with Crippen molar-refractivity contribution >= 4 is 17.9 Å². The van der Waals surface area contributed by atoms with Crippen LogP contribution in [0.25, 0.3) is 0 Å². The van der Waals surface area contributed by atoms with E-state index in [1.54, 1.807) is 6.08 Å². The average Bonchev–Trinajstić information content (AvgIpc) is 3.36. The fourth-order valence-corrected chi connectivity index (χ4v) is 7.70. The molecule has 0 aromatic rings. The van der Waals surface area contributed by atoms with Gasteiger partial charge in [-0.1, -0.05) is 246 Å². The predicted octanol–water partition coefficient (Wildman–Crippen LogP) is 19.5. The van der Waals surface area contributed by atoms with Crippen LogP contribution in [-0.4, -0.2) is 37.2 Å². The highest BCUT2D eigenvalue weighted by Crippen LogP contribution is 2.15. The van der Waals surface area contributed by atoms with Crippen LogP contribution in [-0.2, 0) is 28.6 Å². The molecule has 398 valence electrons. The van der Waals surface area contributed by atoms with Gasteiger partial charge in [-0.2, -0.15) is 0 Å². The zero-order valence-corrected chi connectivity index (χ0v) is 45.5. The Morgan fingerprint density at radius 2 is 0.629 bits per heavy atom. The largest absolute Gasteiger partial charge is 0.462 e. The lowest BCUT2D eigenvalue weighted by molar-refractivity contribution is -0.166. The van der Waals surface area contributed by atoms with Gasteiger partial charge in [0.25, 0.3) is 0 Å². The third-order valence-electron chi connectivity index (χ3n) is 12.0. The number of hydrogen-bond acceptors (Lipinski definition) is 6. The maximum atomic E-state index is 12.8. The Balaban J connectivity index is 4.30. The first-order valence-electron chi connectivity index (χ1n) is 28.9. The molecule has 0 aliphatic carbocycles. The van der Waals surface area contributed by atoms with Gasteiger partial charge in [-0.3, -0.25) is 14.4 Å². The number of ether oxygens (including phenoxy) is 3. The number of carbonyl (C=O) groups is 3. The minimum absolute atomic E-state index is 0.0924. The third-order valence-corrected chi connectivity index (χ3v) is 12.0. The second-order valence-corrected chi connectivity index (χ2v) is 18.8. The van der Waals surface area contributed by atoms with Gasteiger partial charge in [-0.25, -0.2) is 0 Å². The zero-order valence-electron chi connectivity index (χ0n) is 45.5. The number of allylic oxidation sites excluding steroid dienone is 17. The van der Waals surface area contributed by atoms with Crippen LogP contribution < -0.4 is 0 Å². The second kappa shape index (κ2) is 57.6. The number of carbonyl (C=O) groups excluding carboxylic acids is 3. The molecule has 0 spiro atoms. The van der Waals surface area contributed by atoms with Crippen molar-refractivity contribution < 1.29 is 28.6 Å². The Morgan fingerprint density at radius 1 is 0.314 bits per heavy atom. The SMILES string of the molecule is CC/C=C\C/C=C\C/C=C\C/C=C\C/C=C\CC(=O)OC(COC(=O)CCCCCCC/C=C\CCC)COC(=O)CCCCCCCCCCCCCC/C=C\C/C=C\C/C=C\CCCCCCC. The second-order valence-electron chi connectivity index (χ2n) is 18.8. The van der Waals surface area contributed by atoms with E-state index in [4.69, 9.17) is 14.2 Å². The molecule has 0 aliphatic heterocycles. The molecule has 0 saturated heterocycles. The fraction of sp³-hybridized carbons (Fsp3) is 0.672. The molecule has 0 aromatic carbocycles. The summed E-state index contributed by atoms with van der Waals surface area (Å²) in [6.07, 6.45) is 78.4. The number of rotatable bonds is 51. The normalized spacial score (nSPS) is 12.9. The van der Waals surface area contributed by atoms with Gasteiger partial charge in [0.1, 0.15) is 13.2 Å². The van der Waals surface area contributed by atoms with E-state index in [9.17, 15) is 14.4 Å². The molecule has 0 saturated carbocycles. The summed E-state index contributed by atoms with van der Waals surface area (Å²) in [6, 6.07) is 0. The van der Waals surface area contributed by atoms with Gasteiger partial charge in [0, 0.05) is 12.8 Å². The smallest absolute Gasteiger partial charge is 0.310 e. The maximum Gasteiger partial charge on any atom is 0.310 e. The summed E-state index contributed by atoms with van der Waals surface area (Å²) in [6.45, 7) is 6.36. The van der Waals surface area contributed by atoms with Crippen LogP contribution in [0.15, 0.2) is 109 Å². The Hall–Kier alpha value is -3.93. The van der Waals surface area contributed by atoms with E-state index < -0.39 is 12.1 Å². The number of unbranched alkanes of at least 4 members (excludes halogenated alkanes) is 23. The van der Waals surface area contributed by atoms with Crippen molar-refractivity contribution in [2.45, 2.75) is 264 Å². The monoisotopic (exact) mass is 971 g/mol. The summed E-state index contributed by atoms with van der Waals surface area (Å²) < 4.78 is 16.7. The van der Waals surface area contributed by atoms with Crippen molar-refractivity contribution in [1.82, 2.24) is 0 Å². The van der Waals surface area contributed by atoms with Crippen molar-refractivity contribution in [2.24, 2.45) is 0 Å². The van der Waals surface area contributed by atoms with Crippen molar-refractivity contribution in [3.8, 4) is 0 Å². The summed E-state index contributed by atoms with van der Waals surface area (Å²) in [5, 5.41) is 0. The number of hydrogen-bond donors (Lipinski definition) is 0. The highest BCUT2D eigenvalue weighted by Gasteiger charge is 2.19. The van der Waals surface area contributed by atoms with Gasteiger partial charge >= 0.3 is 17.9 Å². The van der Waals surface area contributed by atoms with E-state index in [1.165, 1.54) is 116 Å². The topological polar surface area (TPSA) is 78.9 Å². The zero-order chi connectivity index (χ0) is 50.7. The molecule has 0 rings (SSSR count). The van der Waals surface area contributed by atoms with Gasteiger partial charge in [0.05, 0.1) is 6.42 Å². The van der Waals surface area contributed by atoms with Crippen LogP contribution >= 0.6 is 0 Å². The summed E-state index contributed by atoms with van der Waals surface area (Å²) in [4.78, 5) is 38.0. The molecule has 0 bridgehead atoms. The molecule has 0 radical (unpaired) electrons. The lowest BCUT2D eigenvalue weighted by atomic mass is 10.0. The van der Waals surface area contributed by atoms with Crippen LogP contribution in [0.1, 0.15) is 258 Å². The van der Waals surface area contributed by atoms with Crippen molar-refractivity contribution in [1.29, 1.82) is 0 Å². The summed E-state index contributed by atoms with van der Waals surface area (Å²) >= 11 is 0. The molecular weight excluding hydrogens is 865 g/mol. The van der Waals surface area contributed by atoms with Crippen LogP contribution in [0.4, 0.5) is 0 Å². The molecular formula is C64H106O6. The van der Waals surface area contributed by atoms with E-state index in [-0.39, 0.29) is 31.6 Å². The van der Waals surface area contributed by atoms with Crippen molar-refractivity contribution in [2.75, 3.05) is 13.2 Å². The van der Waals surface area contributed by atoms with E-state index in [2.05, 4.69) is 118 Å². The first-order chi connectivity index (χ1) is 34.5. The summed E-state index contributed by atoms with van der Waals surface area (Å²) in [5.41, 5.74) is 0. The molecule has 6 nitrogen and oxygen atoms in total.